The first kappa shape index (κ1) is 24.6. The molecule has 0 radical (unpaired) electrons. The average Bonchev–Trinajstić information content (AvgIpc) is 3.01. The number of carbonyl (C=O) groups excluding carboxylic acids is 1. The Kier molecular flexibility index (Phi) is 9.08. The molecule has 2 atom stereocenters. The van der Waals surface area contributed by atoms with Crippen molar-refractivity contribution in [3.05, 3.63) is 46.1 Å². The van der Waals surface area contributed by atoms with Crippen LogP contribution in [0.3, 0.4) is 0 Å². The molecule has 5 heteroatoms. The number of cyclic esters (lactones) is 1. The lowest BCUT2D eigenvalue weighted by Crippen LogP contribution is -2.20. The highest BCUT2D eigenvalue weighted by Crippen LogP contribution is 2.42. The van der Waals surface area contributed by atoms with E-state index in [1.165, 1.54) is 24.8 Å². The molecule has 30 heavy (non-hydrogen) atoms. The van der Waals surface area contributed by atoms with Gasteiger partial charge in [-0.1, -0.05) is 42.7 Å². The molecule has 0 aromatic rings. The molecule has 1 heterocycles. The second-order valence-electron chi connectivity index (χ2n) is 9.29. The Balaban J connectivity index is 1.82. The standard InChI is InChI=1S/C25H38O5/c1-17(10-12-21-18(2)8-6-14-25(21,3)4)7-5-9-19(16-26)11-13-22(27)20-15-23(28)30-24(20)29/h7,11,15,22,24,26-27,29H,5-6,8-10,12-14,16H2,1-4H3/b17-7+,19-11+/t22-,24?/m1/s1. The molecule has 168 valence electrons. The highest BCUT2D eigenvalue weighted by Gasteiger charge is 2.29. The minimum absolute atomic E-state index is 0.0725. The van der Waals surface area contributed by atoms with Crippen molar-refractivity contribution in [1.29, 1.82) is 0 Å². The predicted molar refractivity (Wildman–Crippen MR) is 119 cm³/mol. The van der Waals surface area contributed by atoms with Crippen LogP contribution in [0.25, 0.3) is 0 Å². The predicted octanol–water partition coefficient (Wildman–Crippen LogP) is 4.49. The highest BCUT2D eigenvalue weighted by atomic mass is 16.6. The van der Waals surface area contributed by atoms with Crippen molar-refractivity contribution in [2.45, 2.75) is 91.5 Å². The summed E-state index contributed by atoms with van der Waals surface area (Å²) in [6.45, 7) is 9.10. The molecule has 0 saturated carbocycles. The van der Waals surface area contributed by atoms with Gasteiger partial charge in [-0.25, -0.2) is 4.79 Å². The van der Waals surface area contributed by atoms with Gasteiger partial charge in [0.1, 0.15) is 0 Å². The zero-order valence-corrected chi connectivity index (χ0v) is 18.9. The maximum absolute atomic E-state index is 11.1. The first-order valence-corrected chi connectivity index (χ1v) is 11.1. The molecule has 0 saturated heterocycles. The lowest BCUT2D eigenvalue weighted by Gasteiger charge is -2.35. The SMILES string of the molecule is CC1=C(CC/C(C)=C/CC/C(=C\C[C@@H](O)C2=CC(=O)OC2O)CO)C(C)(C)CCC1. The van der Waals surface area contributed by atoms with E-state index in [1.54, 1.807) is 17.2 Å². The van der Waals surface area contributed by atoms with Gasteiger partial charge >= 0.3 is 5.97 Å². The summed E-state index contributed by atoms with van der Waals surface area (Å²) in [7, 11) is 0. The van der Waals surface area contributed by atoms with Crippen LogP contribution in [0.2, 0.25) is 0 Å². The van der Waals surface area contributed by atoms with Crippen molar-refractivity contribution in [3.63, 3.8) is 0 Å². The third-order valence-corrected chi connectivity index (χ3v) is 6.43. The third kappa shape index (κ3) is 6.93. The van der Waals surface area contributed by atoms with E-state index in [0.29, 0.717) is 11.8 Å². The first-order valence-electron chi connectivity index (χ1n) is 11.1. The number of rotatable bonds is 10. The van der Waals surface area contributed by atoms with Gasteiger partial charge in [-0.05, 0) is 76.2 Å². The molecule has 0 amide bonds. The monoisotopic (exact) mass is 418 g/mol. The van der Waals surface area contributed by atoms with Gasteiger partial charge in [-0.15, -0.1) is 0 Å². The Morgan fingerprint density at radius 3 is 2.67 bits per heavy atom. The molecule has 3 N–H and O–H groups in total. The van der Waals surface area contributed by atoms with Crippen LogP contribution in [0.1, 0.15) is 79.1 Å². The van der Waals surface area contributed by atoms with Gasteiger partial charge in [0, 0.05) is 11.6 Å². The van der Waals surface area contributed by atoms with Crippen molar-refractivity contribution < 1.29 is 24.9 Å². The molecule has 1 aliphatic heterocycles. The van der Waals surface area contributed by atoms with Crippen LogP contribution in [0.15, 0.2) is 46.1 Å². The smallest absolute Gasteiger partial charge is 0.333 e. The number of carbonyl (C=O) groups is 1. The summed E-state index contributed by atoms with van der Waals surface area (Å²) in [5, 5.41) is 29.3. The molecule has 1 aliphatic carbocycles. The topological polar surface area (TPSA) is 87.0 Å². The zero-order valence-electron chi connectivity index (χ0n) is 18.9. The Hall–Kier alpha value is -1.69. The fourth-order valence-corrected chi connectivity index (χ4v) is 4.50. The Morgan fingerprint density at radius 2 is 2.07 bits per heavy atom. The summed E-state index contributed by atoms with van der Waals surface area (Å²) in [5.41, 5.74) is 5.87. The number of aliphatic hydroxyl groups is 3. The number of hydrogen-bond donors (Lipinski definition) is 3. The minimum Gasteiger partial charge on any atom is -0.429 e. The second-order valence-corrected chi connectivity index (χ2v) is 9.29. The van der Waals surface area contributed by atoms with Crippen LogP contribution in [-0.2, 0) is 9.53 Å². The zero-order chi connectivity index (χ0) is 22.3. The first-order chi connectivity index (χ1) is 14.1. The van der Waals surface area contributed by atoms with Crippen molar-refractivity contribution in [3.8, 4) is 0 Å². The molecule has 0 bridgehead atoms. The van der Waals surface area contributed by atoms with Gasteiger partial charge in [0.15, 0.2) is 0 Å². The molecule has 0 aromatic heterocycles. The number of allylic oxidation sites excluding steroid dienone is 4. The maximum atomic E-state index is 11.1. The molecular weight excluding hydrogens is 380 g/mol. The molecule has 2 aliphatic rings. The summed E-state index contributed by atoms with van der Waals surface area (Å²) in [4.78, 5) is 11.1. The van der Waals surface area contributed by atoms with Crippen LogP contribution in [0, 0.1) is 5.41 Å². The third-order valence-electron chi connectivity index (χ3n) is 6.43. The van der Waals surface area contributed by atoms with Crippen LogP contribution in [-0.4, -0.2) is 40.3 Å². The molecule has 0 aromatic carbocycles. The Labute approximate surface area is 180 Å². The summed E-state index contributed by atoms with van der Waals surface area (Å²) in [5.74, 6) is -0.647. The van der Waals surface area contributed by atoms with Crippen LogP contribution in [0.5, 0.6) is 0 Å². The van der Waals surface area contributed by atoms with E-state index in [9.17, 15) is 20.1 Å². The van der Waals surface area contributed by atoms with Gasteiger partial charge < -0.3 is 20.1 Å². The molecule has 2 rings (SSSR count). The summed E-state index contributed by atoms with van der Waals surface area (Å²) in [6.07, 6.45) is 10.5. The largest absolute Gasteiger partial charge is 0.429 e. The van der Waals surface area contributed by atoms with Gasteiger partial charge in [-0.3, -0.25) is 0 Å². The Morgan fingerprint density at radius 1 is 1.33 bits per heavy atom. The molecule has 5 nitrogen and oxygen atoms in total. The fourth-order valence-electron chi connectivity index (χ4n) is 4.50. The van der Waals surface area contributed by atoms with E-state index in [4.69, 9.17) is 0 Å². The van der Waals surface area contributed by atoms with Gasteiger partial charge in [-0.2, -0.15) is 0 Å². The van der Waals surface area contributed by atoms with Crippen LogP contribution in [0.4, 0.5) is 0 Å². The van der Waals surface area contributed by atoms with Crippen molar-refractivity contribution >= 4 is 5.97 Å². The van der Waals surface area contributed by atoms with Crippen LogP contribution < -0.4 is 0 Å². The number of hydrogen-bond acceptors (Lipinski definition) is 5. The number of ether oxygens (including phenoxy) is 1. The lowest BCUT2D eigenvalue weighted by molar-refractivity contribution is -0.151. The van der Waals surface area contributed by atoms with E-state index in [0.717, 1.165) is 30.9 Å². The van der Waals surface area contributed by atoms with E-state index < -0.39 is 18.4 Å². The van der Waals surface area contributed by atoms with E-state index >= 15 is 0 Å². The summed E-state index contributed by atoms with van der Waals surface area (Å²) in [6, 6.07) is 0. The average molecular weight is 419 g/mol. The summed E-state index contributed by atoms with van der Waals surface area (Å²) >= 11 is 0. The normalized spacial score (nSPS) is 23.5. The maximum Gasteiger partial charge on any atom is 0.333 e. The van der Waals surface area contributed by atoms with E-state index in [1.807, 2.05) is 0 Å². The fraction of sp³-hybridized carbons (Fsp3) is 0.640. The lowest BCUT2D eigenvalue weighted by atomic mass is 9.71. The second kappa shape index (κ2) is 11.1. The van der Waals surface area contributed by atoms with E-state index in [2.05, 4.69) is 38.5 Å². The number of aliphatic hydroxyl groups excluding tert-OH is 3. The molecule has 0 fully saturated rings. The molecule has 0 spiro atoms. The number of esters is 1. The van der Waals surface area contributed by atoms with Crippen molar-refractivity contribution in [1.82, 2.24) is 0 Å². The van der Waals surface area contributed by atoms with Gasteiger partial charge in [0.05, 0.1) is 12.7 Å². The van der Waals surface area contributed by atoms with Gasteiger partial charge in [0.25, 0.3) is 0 Å². The van der Waals surface area contributed by atoms with Gasteiger partial charge in [0.2, 0.25) is 6.29 Å². The minimum atomic E-state index is -1.38. The Bertz CT molecular complexity index is 739. The molecular formula is C25H38O5. The van der Waals surface area contributed by atoms with Crippen LogP contribution >= 0.6 is 0 Å². The van der Waals surface area contributed by atoms with Crippen molar-refractivity contribution in [2.24, 2.45) is 5.41 Å². The van der Waals surface area contributed by atoms with E-state index in [-0.39, 0.29) is 18.6 Å². The quantitative estimate of drug-likeness (QED) is 0.359. The summed E-state index contributed by atoms with van der Waals surface area (Å²) < 4.78 is 4.59. The van der Waals surface area contributed by atoms with Crippen molar-refractivity contribution in [2.75, 3.05) is 6.61 Å². The molecule has 1 unspecified atom stereocenters. The highest BCUT2D eigenvalue weighted by molar-refractivity contribution is 5.85.